The van der Waals surface area contributed by atoms with Crippen molar-refractivity contribution in [3.05, 3.63) is 0 Å². The molecule has 3 heteroatoms. The molecule has 19 heavy (non-hydrogen) atoms. The summed E-state index contributed by atoms with van der Waals surface area (Å²) >= 11 is 0. The zero-order valence-electron chi connectivity index (χ0n) is 12.6. The van der Waals surface area contributed by atoms with Gasteiger partial charge in [-0.1, -0.05) is 38.5 Å². The Labute approximate surface area is 119 Å². The standard InChI is InChI=1S/C16H33N3/c1-3-7-15(8-4-1)18-13-11-17-12-14-19-16-9-5-2-6-10-16/h15-19H,1-14H2. The highest BCUT2D eigenvalue weighted by molar-refractivity contribution is 4.73. The predicted octanol–water partition coefficient (Wildman–Crippen LogP) is 2.42. The fourth-order valence-corrected chi connectivity index (χ4v) is 3.47. The van der Waals surface area contributed by atoms with E-state index in [0.29, 0.717) is 0 Å². The molecule has 0 unspecified atom stereocenters. The number of hydrogen-bond donors (Lipinski definition) is 3. The van der Waals surface area contributed by atoms with E-state index >= 15 is 0 Å². The van der Waals surface area contributed by atoms with Crippen molar-refractivity contribution in [1.29, 1.82) is 0 Å². The van der Waals surface area contributed by atoms with Gasteiger partial charge in [0.25, 0.3) is 0 Å². The first-order chi connectivity index (χ1) is 9.45. The normalized spacial score (nSPS) is 22.7. The molecular weight excluding hydrogens is 234 g/mol. The van der Waals surface area contributed by atoms with Crippen LogP contribution in [0, 0.1) is 0 Å². The first-order valence-corrected chi connectivity index (χ1v) is 8.62. The SMILES string of the molecule is C1CCC(NCCNCCNC2CCCCC2)CC1. The molecule has 0 amide bonds. The highest BCUT2D eigenvalue weighted by Crippen LogP contribution is 2.17. The third-order valence-electron chi connectivity index (χ3n) is 4.68. The molecule has 0 aromatic rings. The fraction of sp³-hybridized carbons (Fsp3) is 1.00. The van der Waals surface area contributed by atoms with Crippen LogP contribution in [0.5, 0.6) is 0 Å². The van der Waals surface area contributed by atoms with Crippen molar-refractivity contribution in [2.45, 2.75) is 76.3 Å². The molecule has 0 bridgehead atoms. The first-order valence-electron chi connectivity index (χ1n) is 8.62. The molecule has 2 aliphatic carbocycles. The highest BCUT2D eigenvalue weighted by atomic mass is 15.0. The molecule has 2 aliphatic rings. The monoisotopic (exact) mass is 267 g/mol. The maximum Gasteiger partial charge on any atom is 0.00793 e. The van der Waals surface area contributed by atoms with Crippen molar-refractivity contribution in [3.8, 4) is 0 Å². The second kappa shape index (κ2) is 9.73. The maximum absolute atomic E-state index is 3.68. The Kier molecular flexibility index (Phi) is 7.82. The molecule has 0 spiro atoms. The minimum Gasteiger partial charge on any atom is -0.314 e. The van der Waals surface area contributed by atoms with Gasteiger partial charge in [0.05, 0.1) is 0 Å². The smallest absolute Gasteiger partial charge is 0.00793 e. The number of nitrogens with one attached hydrogen (secondary N) is 3. The maximum atomic E-state index is 3.68. The molecule has 0 aliphatic heterocycles. The van der Waals surface area contributed by atoms with E-state index in [1.54, 1.807) is 0 Å². The Balaban J connectivity index is 1.35. The highest BCUT2D eigenvalue weighted by Gasteiger charge is 2.12. The van der Waals surface area contributed by atoms with Crippen LogP contribution in [0.4, 0.5) is 0 Å². The van der Waals surface area contributed by atoms with Gasteiger partial charge in [-0.25, -0.2) is 0 Å². The molecule has 2 fully saturated rings. The van der Waals surface area contributed by atoms with Crippen molar-refractivity contribution in [2.24, 2.45) is 0 Å². The lowest BCUT2D eigenvalue weighted by Crippen LogP contribution is -2.39. The van der Waals surface area contributed by atoms with Crippen LogP contribution in [0.1, 0.15) is 64.2 Å². The zero-order chi connectivity index (χ0) is 13.2. The molecular formula is C16H33N3. The Morgan fingerprint density at radius 1 is 0.526 bits per heavy atom. The summed E-state index contributed by atoms with van der Waals surface area (Å²) in [5.41, 5.74) is 0. The summed E-state index contributed by atoms with van der Waals surface area (Å²) in [4.78, 5) is 0. The minimum absolute atomic E-state index is 0.802. The van der Waals surface area contributed by atoms with Crippen molar-refractivity contribution < 1.29 is 0 Å². The van der Waals surface area contributed by atoms with Gasteiger partial charge in [0.2, 0.25) is 0 Å². The van der Waals surface area contributed by atoms with Crippen LogP contribution in [0.25, 0.3) is 0 Å². The quantitative estimate of drug-likeness (QED) is 0.591. The molecule has 0 atom stereocenters. The van der Waals surface area contributed by atoms with Crippen LogP contribution >= 0.6 is 0 Å². The molecule has 0 aromatic heterocycles. The Morgan fingerprint density at radius 3 is 1.37 bits per heavy atom. The summed E-state index contributed by atoms with van der Waals surface area (Å²) < 4.78 is 0. The summed E-state index contributed by atoms with van der Waals surface area (Å²) in [6.45, 7) is 4.49. The summed E-state index contributed by atoms with van der Waals surface area (Å²) in [5, 5.41) is 10.9. The average molecular weight is 267 g/mol. The Bertz CT molecular complexity index is 186. The summed E-state index contributed by atoms with van der Waals surface area (Å²) in [6, 6.07) is 1.60. The molecule has 3 N–H and O–H groups in total. The largest absolute Gasteiger partial charge is 0.314 e. The second-order valence-electron chi connectivity index (χ2n) is 6.33. The van der Waals surface area contributed by atoms with Gasteiger partial charge < -0.3 is 16.0 Å². The number of rotatable bonds is 8. The van der Waals surface area contributed by atoms with Crippen molar-refractivity contribution in [2.75, 3.05) is 26.2 Å². The van der Waals surface area contributed by atoms with Gasteiger partial charge in [-0.05, 0) is 25.7 Å². The molecule has 0 radical (unpaired) electrons. The topological polar surface area (TPSA) is 36.1 Å². The van der Waals surface area contributed by atoms with Gasteiger partial charge in [0.1, 0.15) is 0 Å². The lowest BCUT2D eigenvalue weighted by molar-refractivity contribution is 0.364. The molecule has 2 saturated carbocycles. The fourth-order valence-electron chi connectivity index (χ4n) is 3.47. The molecule has 2 rings (SSSR count). The van der Waals surface area contributed by atoms with E-state index in [4.69, 9.17) is 0 Å². The van der Waals surface area contributed by atoms with Gasteiger partial charge in [-0.15, -0.1) is 0 Å². The van der Waals surface area contributed by atoms with E-state index in [-0.39, 0.29) is 0 Å². The van der Waals surface area contributed by atoms with Crippen molar-refractivity contribution in [1.82, 2.24) is 16.0 Å². The van der Waals surface area contributed by atoms with E-state index in [2.05, 4.69) is 16.0 Å². The average Bonchev–Trinajstić information content (AvgIpc) is 2.48. The van der Waals surface area contributed by atoms with Gasteiger partial charge in [-0.3, -0.25) is 0 Å². The summed E-state index contributed by atoms with van der Waals surface area (Å²) in [6.07, 6.45) is 14.2. The molecule has 0 heterocycles. The third-order valence-corrected chi connectivity index (χ3v) is 4.68. The van der Waals surface area contributed by atoms with Gasteiger partial charge in [-0.2, -0.15) is 0 Å². The molecule has 3 nitrogen and oxygen atoms in total. The van der Waals surface area contributed by atoms with E-state index in [1.807, 2.05) is 0 Å². The molecule has 112 valence electrons. The summed E-state index contributed by atoms with van der Waals surface area (Å²) in [5.74, 6) is 0. The third kappa shape index (κ3) is 6.73. The van der Waals surface area contributed by atoms with Crippen LogP contribution in [-0.4, -0.2) is 38.3 Å². The Hall–Kier alpha value is -0.120. The van der Waals surface area contributed by atoms with E-state index in [9.17, 15) is 0 Å². The lowest BCUT2D eigenvalue weighted by Gasteiger charge is -2.23. The minimum atomic E-state index is 0.802. The Morgan fingerprint density at radius 2 is 0.947 bits per heavy atom. The zero-order valence-corrected chi connectivity index (χ0v) is 12.6. The summed E-state index contributed by atoms with van der Waals surface area (Å²) in [7, 11) is 0. The van der Waals surface area contributed by atoms with Crippen LogP contribution in [-0.2, 0) is 0 Å². The lowest BCUT2D eigenvalue weighted by atomic mass is 9.95. The molecule has 0 aromatic carbocycles. The second-order valence-corrected chi connectivity index (χ2v) is 6.33. The van der Waals surface area contributed by atoms with Gasteiger partial charge >= 0.3 is 0 Å². The van der Waals surface area contributed by atoms with Crippen molar-refractivity contribution in [3.63, 3.8) is 0 Å². The van der Waals surface area contributed by atoms with Crippen LogP contribution < -0.4 is 16.0 Å². The van der Waals surface area contributed by atoms with Gasteiger partial charge in [0, 0.05) is 38.3 Å². The van der Waals surface area contributed by atoms with Crippen LogP contribution in [0.15, 0.2) is 0 Å². The number of hydrogen-bond acceptors (Lipinski definition) is 3. The van der Waals surface area contributed by atoms with E-state index in [0.717, 1.165) is 38.3 Å². The van der Waals surface area contributed by atoms with Gasteiger partial charge in [0.15, 0.2) is 0 Å². The predicted molar refractivity (Wildman–Crippen MR) is 82.6 cm³/mol. The first kappa shape index (κ1) is 15.3. The molecule has 0 saturated heterocycles. The van der Waals surface area contributed by atoms with Crippen LogP contribution in [0.2, 0.25) is 0 Å². The van der Waals surface area contributed by atoms with E-state index in [1.165, 1.54) is 64.2 Å². The van der Waals surface area contributed by atoms with Crippen LogP contribution in [0.3, 0.4) is 0 Å². The van der Waals surface area contributed by atoms with Crippen molar-refractivity contribution >= 4 is 0 Å². The van der Waals surface area contributed by atoms with E-state index < -0.39 is 0 Å².